The second-order valence-electron chi connectivity index (χ2n) is 5.15. The largest absolute Gasteiger partial charge is 0.446 e. The minimum absolute atomic E-state index is 0.0766. The van der Waals surface area contributed by atoms with Gasteiger partial charge in [-0.25, -0.2) is 4.98 Å². The Morgan fingerprint density at radius 3 is 2.50 bits per heavy atom. The van der Waals surface area contributed by atoms with E-state index in [1.165, 1.54) is 36.5 Å². The summed E-state index contributed by atoms with van der Waals surface area (Å²) in [5.74, 6) is -0.560. The number of nitrogens with zero attached hydrogens (tertiary/aromatic N) is 2. The van der Waals surface area contributed by atoms with Crippen LogP contribution in [-0.2, 0) is 4.79 Å². The molecule has 0 aliphatic rings. The fourth-order valence-electron chi connectivity index (χ4n) is 2.17. The molecule has 0 unspecified atom stereocenters. The molecule has 0 atom stereocenters. The first-order valence-corrected chi connectivity index (χ1v) is 8.28. The highest BCUT2D eigenvalue weighted by molar-refractivity contribution is 8.00. The summed E-state index contributed by atoms with van der Waals surface area (Å²) in [6.07, 6.45) is 4.17. The van der Waals surface area contributed by atoms with Gasteiger partial charge in [-0.15, -0.1) is 0 Å². The number of thioether (sulfide) groups is 1. The number of halogens is 3. The van der Waals surface area contributed by atoms with Crippen molar-refractivity contribution in [3.05, 3.63) is 66.5 Å². The van der Waals surface area contributed by atoms with E-state index in [1.54, 1.807) is 12.1 Å². The molecule has 1 N–H and O–H groups in total. The Kier molecular flexibility index (Phi) is 5.22. The van der Waals surface area contributed by atoms with Gasteiger partial charge in [0.2, 0.25) is 5.91 Å². The molecule has 1 aromatic heterocycles. The van der Waals surface area contributed by atoms with Crippen molar-refractivity contribution in [2.75, 3.05) is 5.32 Å². The van der Waals surface area contributed by atoms with Gasteiger partial charge >= 0.3 is 5.51 Å². The van der Waals surface area contributed by atoms with Crippen molar-refractivity contribution in [3.8, 4) is 0 Å². The van der Waals surface area contributed by atoms with Crippen LogP contribution in [0.5, 0.6) is 0 Å². The van der Waals surface area contributed by atoms with Crippen LogP contribution < -0.4 is 5.32 Å². The molecule has 3 aromatic rings. The summed E-state index contributed by atoms with van der Waals surface area (Å²) in [6, 6.07) is 13.0. The molecule has 0 fully saturated rings. The van der Waals surface area contributed by atoms with Crippen molar-refractivity contribution < 1.29 is 18.0 Å². The molecule has 26 heavy (non-hydrogen) atoms. The zero-order valence-electron chi connectivity index (χ0n) is 13.2. The van der Waals surface area contributed by atoms with E-state index in [9.17, 15) is 18.0 Å². The number of amides is 1. The number of anilines is 1. The van der Waals surface area contributed by atoms with Crippen molar-refractivity contribution in [1.82, 2.24) is 9.97 Å². The Bertz CT molecular complexity index is 973. The van der Waals surface area contributed by atoms with Gasteiger partial charge in [0.05, 0.1) is 28.6 Å². The minimum atomic E-state index is -4.43. The predicted octanol–water partition coefficient (Wildman–Crippen LogP) is 4.89. The van der Waals surface area contributed by atoms with Gasteiger partial charge in [0.1, 0.15) is 0 Å². The van der Waals surface area contributed by atoms with E-state index >= 15 is 0 Å². The van der Waals surface area contributed by atoms with Crippen LogP contribution >= 0.6 is 11.8 Å². The van der Waals surface area contributed by atoms with Crippen molar-refractivity contribution in [3.63, 3.8) is 0 Å². The Balaban J connectivity index is 1.73. The molecular formula is C18H12F3N3OS. The number of hydrogen-bond donors (Lipinski definition) is 1. The highest BCUT2D eigenvalue weighted by Gasteiger charge is 2.30. The molecule has 0 spiro atoms. The number of nitrogens with one attached hydrogen (secondary N) is 1. The topological polar surface area (TPSA) is 54.9 Å². The van der Waals surface area contributed by atoms with Crippen LogP contribution in [0.25, 0.3) is 17.1 Å². The summed E-state index contributed by atoms with van der Waals surface area (Å²) in [5, 5.41) is 2.45. The lowest BCUT2D eigenvalue weighted by molar-refractivity contribution is -0.111. The third-order valence-electron chi connectivity index (χ3n) is 3.24. The minimum Gasteiger partial charge on any atom is -0.321 e. The number of benzene rings is 2. The monoisotopic (exact) mass is 375 g/mol. The number of carbonyl (C=O) groups excluding carboxylic acids is 1. The average Bonchev–Trinajstić information content (AvgIpc) is 2.60. The molecule has 0 radical (unpaired) electrons. The third kappa shape index (κ3) is 4.82. The molecule has 0 saturated carbocycles. The number of rotatable bonds is 4. The van der Waals surface area contributed by atoms with Crippen LogP contribution in [-0.4, -0.2) is 21.4 Å². The summed E-state index contributed by atoms with van der Waals surface area (Å²) in [5.41, 5.74) is -2.46. The van der Waals surface area contributed by atoms with E-state index in [-0.39, 0.29) is 22.3 Å². The van der Waals surface area contributed by atoms with Crippen LogP contribution in [0.1, 0.15) is 5.69 Å². The fraction of sp³-hybridized carbons (Fsp3) is 0.0556. The lowest BCUT2D eigenvalue weighted by Crippen LogP contribution is -2.10. The molecule has 0 saturated heterocycles. The normalized spacial score (nSPS) is 11.8. The van der Waals surface area contributed by atoms with Crippen LogP contribution in [0.2, 0.25) is 0 Å². The standard InChI is InChI=1S/C18H12F3N3OS/c19-18(20,21)26-16-8-4-3-7-15(16)24-17(25)10-9-12-11-22-13-5-1-2-6-14(13)23-12/h1-11H,(H,24,25)/b10-9+. The molecule has 0 bridgehead atoms. The molecule has 0 aliphatic carbocycles. The predicted molar refractivity (Wildman–Crippen MR) is 95.6 cm³/mol. The van der Waals surface area contributed by atoms with Gasteiger partial charge in [0.15, 0.2) is 0 Å². The first-order valence-electron chi connectivity index (χ1n) is 7.46. The van der Waals surface area contributed by atoms with Gasteiger partial charge in [0, 0.05) is 11.0 Å². The van der Waals surface area contributed by atoms with Crippen molar-refractivity contribution in [1.29, 1.82) is 0 Å². The number of carbonyl (C=O) groups is 1. The fourth-order valence-corrected chi connectivity index (χ4v) is 2.80. The number of alkyl halides is 3. The third-order valence-corrected chi connectivity index (χ3v) is 4.05. The van der Waals surface area contributed by atoms with Gasteiger partial charge < -0.3 is 5.32 Å². The summed E-state index contributed by atoms with van der Waals surface area (Å²) in [7, 11) is 0. The van der Waals surface area contributed by atoms with Crippen LogP contribution in [0, 0.1) is 0 Å². The lowest BCUT2D eigenvalue weighted by Gasteiger charge is -2.11. The second kappa shape index (κ2) is 7.57. The maximum Gasteiger partial charge on any atom is 0.446 e. The SMILES string of the molecule is O=C(/C=C/c1cnc2ccccc2n1)Nc1ccccc1SC(F)(F)F. The second-order valence-corrected chi connectivity index (χ2v) is 6.26. The van der Waals surface area contributed by atoms with Crippen LogP contribution in [0.4, 0.5) is 18.9 Å². The zero-order chi connectivity index (χ0) is 18.6. The molecule has 3 rings (SSSR count). The van der Waals surface area contributed by atoms with E-state index in [2.05, 4.69) is 15.3 Å². The van der Waals surface area contributed by atoms with Gasteiger partial charge in [0.25, 0.3) is 0 Å². The summed E-state index contributed by atoms with van der Waals surface area (Å²) >= 11 is -0.276. The van der Waals surface area contributed by atoms with E-state index in [4.69, 9.17) is 0 Å². The molecule has 4 nitrogen and oxygen atoms in total. The Morgan fingerprint density at radius 2 is 1.73 bits per heavy atom. The number of aromatic nitrogens is 2. The van der Waals surface area contributed by atoms with E-state index < -0.39 is 11.4 Å². The first kappa shape index (κ1) is 17.9. The Labute approximate surface area is 151 Å². The van der Waals surface area contributed by atoms with Crippen LogP contribution in [0.3, 0.4) is 0 Å². The van der Waals surface area contributed by atoms with Gasteiger partial charge in [-0.3, -0.25) is 9.78 Å². The van der Waals surface area contributed by atoms with E-state index in [0.717, 1.165) is 5.52 Å². The number of hydrogen-bond acceptors (Lipinski definition) is 4. The summed E-state index contributed by atoms with van der Waals surface area (Å²) in [4.78, 5) is 20.5. The highest BCUT2D eigenvalue weighted by Crippen LogP contribution is 2.40. The highest BCUT2D eigenvalue weighted by atomic mass is 32.2. The quantitative estimate of drug-likeness (QED) is 0.521. The summed E-state index contributed by atoms with van der Waals surface area (Å²) < 4.78 is 37.7. The molecule has 0 aliphatic heterocycles. The van der Waals surface area contributed by atoms with Gasteiger partial charge in [-0.2, -0.15) is 13.2 Å². The maximum absolute atomic E-state index is 12.6. The Morgan fingerprint density at radius 1 is 1.04 bits per heavy atom. The molecule has 1 amide bonds. The molecule has 1 heterocycles. The molecule has 132 valence electrons. The molecule has 8 heteroatoms. The number of fused-ring (bicyclic) bond motifs is 1. The first-order chi connectivity index (χ1) is 12.4. The lowest BCUT2D eigenvalue weighted by atomic mass is 10.3. The van der Waals surface area contributed by atoms with Crippen molar-refractivity contribution in [2.45, 2.75) is 10.4 Å². The molecular weight excluding hydrogens is 363 g/mol. The Hall–Kier alpha value is -2.87. The van der Waals surface area contributed by atoms with Crippen molar-refractivity contribution in [2.24, 2.45) is 0 Å². The van der Waals surface area contributed by atoms with Gasteiger partial charge in [-0.1, -0.05) is 24.3 Å². The maximum atomic E-state index is 12.6. The molecule has 2 aromatic carbocycles. The van der Waals surface area contributed by atoms with E-state index in [0.29, 0.717) is 11.2 Å². The average molecular weight is 375 g/mol. The zero-order valence-corrected chi connectivity index (χ0v) is 14.0. The smallest absolute Gasteiger partial charge is 0.321 e. The van der Waals surface area contributed by atoms with E-state index in [1.807, 2.05) is 18.2 Å². The summed E-state index contributed by atoms with van der Waals surface area (Å²) in [6.45, 7) is 0. The van der Waals surface area contributed by atoms with Gasteiger partial charge in [-0.05, 0) is 42.1 Å². The van der Waals surface area contributed by atoms with Crippen molar-refractivity contribution >= 4 is 40.5 Å². The number of para-hydroxylation sites is 3. The van der Waals surface area contributed by atoms with Crippen LogP contribution in [0.15, 0.2) is 65.7 Å².